The van der Waals surface area contributed by atoms with E-state index in [-0.39, 0.29) is 29.6 Å². The Morgan fingerprint density at radius 2 is 1.50 bits per heavy atom. The molecule has 0 heterocycles. The van der Waals surface area contributed by atoms with Crippen molar-refractivity contribution in [2.75, 3.05) is 0 Å². The maximum atomic E-state index is 8.95. The van der Waals surface area contributed by atoms with Gasteiger partial charge in [-0.05, 0) is 0 Å². The van der Waals surface area contributed by atoms with Gasteiger partial charge in [0.05, 0.1) is 0 Å². The standard InChI is InChI=1S/ClHO3S.Na/c1-5(2,3)4;/h(H,2,3,4);. The molecule has 0 saturated heterocycles. The third-order valence-corrected chi connectivity index (χ3v) is 0. The van der Waals surface area contributed by atoms with E-state index in [2.05, 4.69) is 10.7 Å². The van der Waals surface area contributed by atoms with Crippen molar-refractivity contribution >= 4 is 49.6 Å². The minimum Gasteiger partial charge on any atom is -0.273 e. The van der Waals surface area contributed by atoms with Crippen molar-refractivity contribution in [2.24, 2.45) is 0 Å². The van der Waals surface area contributed by atoms with Gasteiger partial charge < -0.3 is 0 Å². The van der Waals surface area contributed by atoms with E-state index in [0.29, 0.717) is 0 Å². The molecule has 0 spiro atoms. The van der Waals surface area contributed by atoms with Crippen molar-refractivity contribution in [1.29, 1.82) is 0 Å². The van der Waals surface area contributed by atoms with E-state index in [9.17, 15) is 0 Å². The average Bonchev–Trinajstić information content (AvgIpc) is 0.722. The van der Waals surface area contributed by atoms with E-state index in [1.807, 2.05) is 0 Å². The Morgan fingerprint density at radius 3 is 1.50 bits per heavy atom. The minimum absolute atomic E-state index is 0. The molecule has 0 aliphatic rings. The van der Waals surface area contributed by atoms with Gasteiger partial charge in [-0.2, -0.15) is 8.42 Å². The van der Waals surface area contributed by atoms with Crippen LogP contribution in [0.1, 0.15) is 0 Å². The van der Waals surface area contributed by atoms with Gasteiger partial charge in [-0.3, -0.25) is 4.55 Å². The summed E-state index contributed by atoms with van der Waals surface area (Å²) in [4.78, 5) is 0. The summed E-state index contributed by atoms with van der Waals surface area (Å²) in [5.74, 6) is 0. The summed E-state index contributed by atoms with van der Waals surface area (Å²) in [5, 5.41) is 0. The van der Waals surface area contributed by atoms with Crippen LogP contribution in [0, 0.1) is 0 Å². The summed E-state index contributed by atoms with van der Waals surface area (Å²) in [5.41, 5.74) is 0. The van der Waals surface area contributed by atoms with Gasteiger partial charge in [0.25, 0.3) is 0 Å². The zero-order valence-corrected chi connectivity index (χ0v) is 6.62. The van der Waals surface area contributed by atoms with E-state index in [1.54, 1.807) is 0 Å². The monoisotopic (exact) mass is 139 g/mol. The third kappa shape index (κ3) is 63.7. The molecule has 0 aromatic heterocycles. The van der Waals surface area contributed by atoms with Crippen LogP contribution in [-0.4, -0.2) is 42.5 Å². The number of halogens is 1. The Kier molecular flexibility index (Phi) is 5.52. The van der Waals surface area contributed by atoms with E-state index in [4.69, 9.17) is 13.0 Å². The van der Waals surface area contributed by atoms with Crippen molar-refractivity contribution in [3.63, 3.8) is 0 Å². The molecule has 6 heteroatoms. The molecular formula is HClNaO3S. The fraction of sp³-hybridized carbons (Fsp3) is 0. The maximum Gasteiger partial charge on any atom is 0.353 e. The molecule has 3 nitrogen and oxygen atoms in total. The summed E-state index contributed by atoms with van der Waals surface area (Å²) in [7, 11) is -0.137. The number of rotatable bonds is 0. The normalized spacial score (nSPS) is 9.67. The van der Waals surface area contributed by atoms with Crippen LogP contribution in [0.3, 0.4) is 0 Å². The molecule has 0 aliphatic heterocycles. The summed E-state index contributed by atoms with van der Waals surface area (Å²) in [6.07, 6.45) is 0. The smallest absolute Gasteiger partial charge is 0.273 e. The first-order chi connectivity index (χ1) is 2.00. The van der Waals surface area contributed by atoms with Gasteiger partial charge in [0.15, 0.2) is 0 Å². The van der Waals surface area contributed by atoms with Crippen molar-refractivity contribution in [3.05, 3.63) is 0 Å². The van der Waals surface area contributed by atoms with Gasteiger partial charge in [0, 0.05) is 40.2 Å². The topological polar surface area (TPSA) is 54.4 Å². The van der Waals surface area contributed by atoms with Gasteiger partial charge in [0.1, 0.15) is 0 Å². The molecule has 0 aromatic rings. The Morgan fingerprint density at radius 1 is 1.50 bits per heavy atom. The zero-order valence-electron chi connectivity index (χ0n) is 3.05. The molecule has 0 unspecified atom stereocenters. The average molecular weight is 140 g/mol. The fourth-order valence-electron chi connectivity index (χ4n) is 0. The molecule has 0 saturated carbocycles. The molecule has 0 amide bonds. The largest absolute Gasteiger partial charge is 0.353 e. The summed E-state index contributed by atoms with van der Waals surface area (Å²) >= 11 is 0. The van der Waals surface area contributed by atoms with Crippen LogP contribution in [-0.2, 0) is 9.33 Å². The molecule has 0 rings (SSSR count). The Labute approximate surface area is 62.2 Å². The first kappa shape index (κ1) is 10.2. The van der Waals surface area contributed by atoms with Gasteiger partial charge in [-0.1, -0.05) is 0 Å². The molecule has 0 aromatic carbocycles. The second-order valence-corrected chi connectivity index (χ2v) is 2.41. The fourth-order valence-corrected chi connectivity index (χ4v) is 0. The molecule has 0 fully saturated rings. The first-order valence-electron chi connectivity index (χ1n) is 0.670. The van der Waals surface area contributed by atoms with Crippen LogP contribution < -0.4 is 0 Å². The van der Waals surface area contributed by atoms with E-state index in [1.165, 1.54) is 0 Å². The first-order valence-corrected chi connectivity index (χ1v) is 2.94. The van der Waals surface area contributed by atoms with Crippen LogP contribution in [0.2, 0.25) is 0 Å². The molecule has 6 heavy (non-hydrogen) atoms. The summed E-state index contributed by atoms with van der Waals surface area (Å²) in [6.45, 7) is 0. The predicted molar refractivity (Wildman–Crippen MR) is 23.2 cm³/mol. The van der Waals surface area contributed by atoms with E-state index >= 15 is 0 Å². The zero-order chi connectivity index (χ0) is 4.50. The van der Waals surface area contributed by atoms with Gasteiger partial charge in [-0.15, -0.1) is 0 Å². The molecule has 0 aliphatic carbocycles. The van der Waals surface area contributed by atoms with Gasteiger partial charge in [-0.25, -0.2) is 0 Å². The van der Waals surface area contributed by atoms with Crippen LogP contribution in [0.15, 0.2) is 0 Å². The number of hydrogen-bond acceptors (Lipinski definition) is 2. The quantitative estimate of drug-likeness (QED) is 0.284. The van der Waals surface area contributed by atoms with Crippen molar-refractivity contribution in [3.8, 4) is 0 Å². The molecular weight excluding hydrogens is 139 g/mol. The number of hydrogen-bond donors (Lipinski definition) is 1. The van der Waals surface area contributed by atoms with E-state index < -0.39 is 9.33 Å². The van der Waals surface area contributed by atoms with Crippen molar-refractivity contribution in [1.82, 2.24) is 0 Å². The van der Waals surface area contributed by atoms with Crippen molar-refractivity contribution < 1.29 is 13.0 Å². The second-order valence-electron chi connectivity index (χ2n) is 0.412. The Bertz CT molecular complexity index is 94.0. The molecule has 1 N–H and O–H groups in total. The summed E-state index contributed by atoms with van der Waals surface area (Å²) < 4.78 is 25.2. The van der Waals surface area contributed by atoms with Gasteiger partial charge in [0.2, 0.25) is 0 Å². The van der Waals surface area contributed by atoms with Crippen LogP contribution in [0.5, 0.6) is 0 Å². The predicted octanol–water partition coefficient (Wildman–Crippen LogP) is -0.353. The maximum absolute atomic E-state index is 8.95. The van der Waals surface area contributed by atoms with Crippen molar-refractivity contribution in [2.45, 2.75) is 0 Å². The Balaban J connectivity index is 0. The van der Waals surface area contributed by atoms with E-state index in [0.717, 1.165) is 0 Å². The third-order valence-electron chi connectivity index (χ3n) is 0. The molecule has 1 radical (unpaired) electrons. The molecule has 33 valence electrons. The van der Waals surface area contributed by atoms with Crippen LogP contribution >= 0.6 is 10.7 Å². The van der Waals surface area contributed by atoms with Crippen LogP contribution in [0.4, 0.5) is 0 Å². The second kappa shape index (κ2) is 3.23. The molecule has 0 bridgehead atoms. The minimum atomic E-state index is -4.19. The SMILES string of the molecule is O=S(=O)(O)Cl.[Na]. The summed E-state index contributed by atoms with van der Waals surface area (Å²) in [6, 6.07) is 0. The molecule has 0 atom stereocenters. The van der Waals surface area contributed by atoms with Gasteiger partial charge >= 0.3 is 9.33 Å². The van der Waals surface area contributed by atoms with Crippen LogP contribution in [0.25, 0.3) is 0 Å². The Hall–Kier alpha value is 1.20.